The molecule has 17 unspecified atom stereocenters. The Labute approximate surface area is 465 Å². The van der Waals surface area contributed by atoms with E-state index in [-0.39, 0.29) is 18.9 Å². The number of nitrogens with one attached hydrogen (secondary N) is 1. The summed E-state index contributed by atoms with van der Waals surface area (Å²) in [6, 6.07) is -0.998. The second-order valence-electron chi connectivity index (χ2n) is 21.4. The highest BCUT2D eigenvalue weighted by Crippen LogP contribution is 2.33. The molecule has 3 aliphatic rings. The highest BCUT2D eigenvalue weighted by atomic mass is 16.8. The van der Waals surface area contributed by atoms with Crippen molar-refractivity contribution in [3.8, 4) is 0 Å². The molecule has 454 valence electrons. The third kappa shape index (κ3) is 26.3. The van der Waals surface area contributed by atoms with Gasteiger partial charge in [-0.15, -0.1) is 0 Å². The van der Waals surface area contributed by atoms with Crippen LogP contribution in [0, 0.1) is 0 Å². The molecule has 0 bridgehead atoms. The molecule has 0 spiro atoms. The van der Waals surface area contributed by atoms with Gasteiger partial charge in [0.25, 0.3) is 0 Å². The number of hydrogen-bond acceptors (Lipinski definition) is 18. The fourth-order valence-electron chi connectivity index (χ4n) is 9.86. The molecule has 19 nitrogen and oxygen atoms in total. The highest BCUT2D eigenvalue weighted by molar-refractivity contribution is 5.76. The standard InChI is InChI=1S/C59H105NO18/c1-3-5-7-9-11-13-15-17-19-21-23-25-27-29-31-33-35-37-47(65)60-42(43(64)36-34-32-30-28-26-24-22-20-18-16-14-12-10-8-6-4-2)41-73-57-53(71)50(68)55(45(39-62)75-57)78-59-54(72)51(69)56(46(40-63)76-59)77-58-52(70)49(67)48(66)44(38-61)74-58/h17-20,26,28,34,36,42-46,48-59,61-64,66-72H,3-16,21-25,27,29-33,35,37-41H2,1-2H3,(H,60,65)/b19-17-,20-18+,28-26+,36-34+. The number of carbonyl (C=O) groups excluding carboxylic acids is 1. The highest BCUT2D eigenvalue weighted by Gasteiger charge is 2.53. The Morgan fingerprint density at radius 3 is 1.28 bits per heavy atom. The molecule has 3 saturated heterocycles. The van der Waals surface area contributed by atoms with Gasteiger partial charge in [0.2, 0.25) is 5.91 Å². The van der Waals surface area contributed by atoms with Gasteiger partial charge in [-0.3, -0.25) is 4.79 Å². The van der Waals surface area contributed by atoms with Crippen LogP contribution in [0.15, 0.2) is 48.6 Å². The van der Waals surface area contributed by atoms with Gasteiger partial charge < -0.3 is 89.9 Å². The number of ether oxygens (including phenoxy) is 6. The van der Waals surface area contributed by atoms with Crippen LogP contribution in [0.3, 0.4) is 0 Å². The first-order chi connectivity index (χ1) is 37.8. The molecule has 1 amide bonds. The quantitative estimate of drug-likeness (QED) is 0.0279. The van der Waals surface area contributed by atoms with Gasteiger partial charge in [-0.2, -0.15) is 0 Å². The third-order valence-electron chi connectivity index (χ3n) is 14.8. The first-order valence-corrected chi connectivity index (χ1v) is 29.9. The number of carbonyl (C=O) groups is 1. The molecular weight excluding hydrogens is 1010 g/mol. The zero-order chi connectivity index (χ0) is 56.9. The molecule has 0 aromatic rings. The van der Waals surface area contributed by atoms with E-state index in [4.69, 9.17) is 28.4 Å². The molecule has 0 aromatic heterocycles. The lowest BCUT2D eigenvalue weighted by Gasteiger charge is -2.48. The number of allylic oxidation sites excluding steroid dienone is 7. The molecule has 0 saturated carbocycles. The van der Waals surface area contributed by atoms with Crippen molar-refractivity contribution < 1.29 is 89.4 Å². The normalized spacial score (nSPS) is 30.8. The molecule has 0 aromatic carbocycles. The second kappa shape index (κ2) is 42.6. The third-order valence-corrected chi connectivity index (χ3v) is 14.8. The molecule has 17 atom stereocenters. The number of rotatable bonds is 43. The molecule has 3 rings (SSSR count). The van der Waals surface area contributed by atoms with Crippen LogP contribution in [0.5, 0.6) is 0 Å². The van der Waals surface area contributed by atoms with Gasteiger partial charge in [-0.05, 0) is 70.6 Å². The number of unbranched alkanes of at least 4 members (excludes halogenated alkanes) is 21. The number of amides is 1. The molecule has 3 heterocycles. The van der Waals surface area contributed by atoms with E-state index in [0.717, 1.165) is 57.8 Å². The van der Waals surface area contributed by atoms with Gasteiger partial charge in [-0.25, -0.2) is 0 Å². The Balaban J connectivity index is 1.53. The van der Waals surface area contributed by atoms with Crippen LogP contribution in [-0.2, 0) is 33.2 Å². The molecule has 3 aliphatic heterocycles. The largest absolute Gasteiger partial charge is 0.394 e. The van der Waals surface area contributed by atoms with Gasteiger partial charge in [0.05, 0.1) is 38.6 Å². The molecular formula is C59H105NO18. The van der Waals surface area contributed by atoms with E-state index in [1.54, 1.807) is 6.08 Å². The summed E-state index contributed by atoms with van der Waals surface area (Å²) >= 11 is 0. The van der Waals surface area contributed by atoms with Crippen molar-refractivity contribution in [2.45, 2.75) is 291 Å². The summed E-state index contributed by atoms with van der Waals surface area (Å²) in [7, 11) is 0. The molecule has 3 fully saturated rings. The summed E-state index contributed by atoms with van der Waals surface area (Å²) < 4.78 is 34.2. The fraction of sp³-hybridized carbons (Fsp3) is 0.847. The van der Waals surface area contributed by atoms with Crippen molar-refractivity contribution in [1.29, 1.82) is 0 Å². The lowest BCUT2D eigenvalue weighted by molar-refractivity contribution is -0.379. The van der Waals surface area contributed by atoms with Gasteiger partial charge in [-0.1, -0.05) is 159 Å². The van der Waals surface area contributed by atoms with Crippen LogP contribution in [0.25, 0.3) is 0 Å². The second-order valence-corrected chi connectivity index (χ2v) is 21.4. The van der Waals surface area contributed by atoms with E-state index in [1.165, 1.54) is 96.3 Å². The minimum Gasteiger partial charge on any atom is -0.394 e. The van der Waals surface area contributed by atoms with Crippen LogP contribution >= 0.6 is 0 Å². The van der Waals surface area contributed by atoms with Crippen LogP contribution in [0.2, 0.25) is 0 Å². The monoisotopic (exact) mass is 1120 g/mol. The molecule has 0 aliphatic carbocycles. The van der Waals surface area contributed by atoms with Gasteiger partial charge in [0.15, 0.2) is 18.9 Å². The predicted octanol–water partition coefficient (Wildman–Crippen LogP) is 5.09. The van der Waals surface area contributed by atoms with Crippen molar-refractivity contribution in [1.82, 2.24) is 5.32 Å². The number of aliphatic hydroxyl groups excluding tert-OH is 11. The van der Waals surface area contributed by atoms with Gasteiger partial charge >= 0.3 is 0 Å². The Morgan fingerprint density at radius 1 is 0.449 bits per heavy atom. The Bertz CT molecular complexity index is 1620. The SMILES string of the molecule is CCCCCCCC/C=C\CCCCCCCCCC(=O)NC(COC1OC(CO)C(OC2OC(CO)C(OC3OC(CO)C(O)C(O)C3O)C(O)C2O)C(O)C1O)C(O)/C=C/CC/C=C/CC/C=C/CCCCCCCC. The van der Waals surface area contributed by atoms with Crippen molar-refractivity contribution in [3.05, 3.63) is 48.6 Å². The van der Waals surface area contributed by atoms with E-state index in [2.05, 4.69) is 55.6 Å². The summed E-state index contributed by atoms with van der Waals surface area (Å²) in [6.45, 7) is 1.66. The minimum absolute atomic E-state index is 0.226. The van der Waals surface area contributed by atoms with E-state index in [1.807, 2.05) is 6.08 Å². The van der Waals surface area contributed by atoms with Crippen LogP contribution < -0.4 is 5.32 Å². The van der Waals surface area contributed by atoms with Crippen molar-refractivity contribution >= 4 is 5.91 Å². The summed E-state index contributed by atoms with van der Waals surface area (Å²) in [4.78, 5) is 13.3. The van der Waals surface area contributed by atoms with E-state index >= 15 is 0 Å². The molecule has 19 heteroatoms. The molecule has 12 N–H and O–H groups in total. The lowest BCUT2D eigenvalue weighted by Crippen LogP contribution is -2.66. The Morgan fingerprint density at radius 2 is 0.821 bits per heavy atom. The van der Waals surface area contributed by atoms with E-state index < -0.39 is 124 Å². The maximum atomic E-state index is 13.3. The Kier molecular flexibility index (Phi) is 38.2. The molecule has 78 heavy (non-hydrogen) atoms. The number of hydrogen-bond donors (Lipinski definition) is 12. The van der Waals surface area contributed by atoms with Crippen molar-refractivity contribution in [2.24, 2.45) is 0 Å². The van der Waals surface area contributed by atoms with Crippen molar-refractivity contribution in [2.75, 3.05) is 26.4 Å². The summed E-state index contributed by atoms with van der Waals surface area (Å²) in [6.07, 6.45) is 19.5. The maximum Gasteiger partial charge on any atom is 0.220 e. The van der Waals surface area contributed by atoms with E-state index in [9.17, 15) is 61.0 Å². The van der Waals surface area contributed by atoms with Crippen LogP contribution in [-0.4, -0.2) is 193 Å². The number of aliphatic hydroxyl groups is 11. The summed E-state index contributed by atoms with van der Waals surface area (Å²) in [5, 5.41) is 120. The Hall–Kier alpha value is -2.25. The van der Waals surface area contributed by atoms with Gasteiger partial charge in [0, 0.05) is 6.42 Å². The summed E-state index contributed by atoms with van der Waals surface area (Å²) in [5.41, 5.74) is 0. The van der Waals surface area contributed by atoms with Crippen LogP contribution in [0.4, 0.5) is 0 Å². The maximum absolute atomic E-state index is 13.3. The first-order valence-electron chi connectivity index (χ1n) is 29.9. The smallest absolute Gasteiger partial charge is 0.220 e. The first kappa shape index (κ1) is 70.0. The van der Waals surface area contributed by atoms with Crippen LogP contribution in [0.1, 0.15) is 187 Å². The van der Waals surface area contributed by atoms with Crippen molar-refractivity contribution in [3.63, 3.8) is 0 Å². The zero-order valence-electron chi connectivity index (χ0n) is 47.1. The van der Waals surface area contributed by atoms with E-state index in [0.29, 0.717) is 12.8 Å². The lowest BCUT2D eigenvalue weighted by atomic mass is 9.96. The van der Waals surface area contributed by atoms with Gasteiger partial charge in [0.1, 0.15) is 73.2 Å². The minimum atomic E-state index is -1.98. The average Bonchev–Trinajstić information content (AvgIpc) is 3.45. The average molecular weight is 1120 g/mol. The fourth-order valence-corrected chi connectivity index (χ4v) is 9.86. The predicted molar refractivity (Wildman–Crippen MR) is 295 cm³/mol. The zero-order valence-corrected chi connectivity index (χ0v) is 47.1. The topological polar surface area (TPSA) is 307 Å². The summed E-state index contributed by atoms with van der Waals surface area (Å²) in [5.74, 6) is -0.296. The molecule has 0 radical (unpaired) electrons.